The molecule has 2 aromatic heterocycles. The lowest BCUT2D eigenvalue weighted by atomic mass is 10.0. The van der Waals surface area contributed by atoms with Crippen molar-refractivity contribution in [3.63, 3.8) is 0 Å². The second kappa shape index (κ2) is 8.26. The summed E-state index contributed by atoms with van der Waals surface area (Å²) in [6.07, 6.45) is 2.80. The Morgan fingerprint density at radius 2 is 2.29 bits per heavy atom. The number of carbonyl (C=O) groups excluding carboxylic acids is 1. The van der Waals surface area contributed by atoms with Crippen LogP contribution in [0, 0.1) is 5.92 Å². The van der Waals surface area contributed by atoms with Crippen molar-refractivity contribution in [2.45, 2.75) is 26.2 Å². The average Bonchev–Trinajstić information content (AvgIpc) is 3.15. The van der Waals surface area contributed by atoms with Crippen LogP contribution in [0.25, 0.3) is 9.88 Å². The molecule has 4 nitrogen and oxygen atoms in total. The van der Waals surface area contributed by atoms with Gasteiger partial charge in [0.1, 0.15) is 10.7 Å². The molecule has 21 heavy (non-hydrogen) atoms. The van der Waals surface area contributed by atoms with Crippen molar-refractivity contribution >= 4 is 28.6 Å². The summed E-state index contributed by atoms with van der Waals surface area (Å²) in [5.41, 5.74) is 0.475. The second-order valence-electron chi connectivity index (χ2n) is 4.89. The zero-order valence-electron chi connectivity index (χ0n) is 12.0. The minimum absolute atomic E-state index is 0.131. The number of aromatic nitrogens is 1. The number of thiophene rings is 1. The topological polar surface area (TPSA) is 62.2 Å². The van der Waals surface area contributed by atoms with Gasteiger partial charge in [0.15, 0.2) is 0 Å². The highest BCUT2D eigenvalue weighted by molar-refractivity contribution is 7.20. The van der Waals surface area contributed by atoms with Crippen molar-refractivity contribution in [3.05, 3.63) is 28.6 Å². The summed E-state index contributed by atoms with van der Waals surface area (Å²) in [6.45, 7) is 2.87. The number of amides is 1. The van der Waals surface area contributed by atoms with Crippen LogP contribution in [0.15, 0.2) is 22.9 Å². The van der Waals surface area contributed by atoms with Crippen molar-refractivity contribution in [2.75, 3.05) is 13.2 Å². The van der Waals surface area contributed by atoms with Crippen molar-refractivity contribution < 1.29 is 9.90 Å². The smallest absolute Gasteiger partial charge is 0.270 e. The van der Waals surface area contributed by atoms with E-state index in [1.54, 1.807) is 16.7 Å². The van der Waals surface area contributed by atoms with Crippen LogP contribution < -0.4 is 5.32 Å². The number of rotatable bonds is 8. The molecular weight excluding hydrogens is 304 g/mol. The summed E-state index contributed by atoms with van der Waals surface area (Å²) in [5.74, 6) is 0.201. The molecule has 0 saturated heterocycles. The van der Waals surface area contributed by atoms with Gasteiger partial charge < -0.3 is 10.4 Å². The SMILES string of the molecule is CCCC(CCO)CNC(=O)c1csc(-c2cccs2)n1. The molecule has 0 aliphatic carbocycles. The molecule has 2 heterocycles. The van der Waals surface area contributed by atoms with Gasteiger partial charge in [-0.2, -0.15) is 0 Å². The van der Waals surface area contributed by atoms with Crippen molar-refractivity contribution in [2.24, 2.45) is 5.92 Å². The van der Waals surface area contributed by atoms with E-state index < -0.39 is 0 Å². The Labute approximate surface area is 132 Å². The molecule has 0 fully saturated rings. The number of hydrogen-bond donors (Lipinski definition) is 2. The van der Waals surface area contributed by atoms with Crippen LogP contribution in [0.4, 0.5) is 0 Å². The van der Waals surface area contributed by atoms with Gasteiger partial charge in [0.05, 0.1) is 4.88 Å². The molecular formula is C15H20N2O2S2. The molecule has 2 rings (SSSR count). The van der Waals surface area contributed by atoms with Gasteiger partial charge in [0, 0.05) is 18.5 Å². The first-order valence-corrected chi connectivity index (χ1v) is 8.89. The third-order valence-electron chi connectivity index (χ3n) is 3.25. The van der Waals surface area contributed by atoms with Crippen LogP contribution in [0.2, 0.25) is 0 Å². The Kier molecular flexibility index (Phi) is 6.35. The van der Waals surface area contributed by atoms with Gasteiger partial charge in [0.25, 0.3) is 5.91 Å². The number of carbonyl (C=O) groups is 1. The molecule has 0 spiro atoms. The van der Waals surface area contributed by atoms with E-state index in [2.05, 4.69) is 17.2 Å². The lowest BCUT2D eigenvalue weighted by Gasteiger charge is -2.14. The van der Waals surface area contributed by atoms with Crippen LogP contribution in [0.5, 0.6) is 0 Å². The molecule has 1 unspecified atom stereocenters. The zero-order valence-corrected chi connectivity index (χ0v) is 13.7. The zero-order chi connectivity index (χ0) is 15.1. The van der Waals surface area contributed by atoms with Crippen LogP contribution in [0.1, 0.15) is 36.7 Å². The third-order valence-corrected chi connectivity index (χ3v) is 5.14. The second-order valence-corrected chi connectivity index (χ2v) is 6.70. The van der Waals surface area contributed by atoms with E-state index in [0.717, 1.165) is 29.1 Å². The van der Waals surface area contributed by atoms with Gasteiger partial charge in [0.2, 0.25) is 0 Å². The first-order chi connectivity index (χ1) is 10.2. The Balaban J connectivity index is 1.91. The van der Waals surface area contributed by atoms with Crippen molar-refractivity contribution in [3.8, 4) is 9.88 Å². The van der Waals surface area contributed by atoms with Crippen molar-refractivity contribution in [1.82, 2.24) is 10.3 Å². The predicted octanol–water partition coefficient (Wildman–Crippen LogP) is 3.40. The molecule has 0 aliphatic heterocycles. The Morgan fingerprint density at radius 3 is 2.95 bits per heavy atom. The van der Waals surface area contributed by atoms with E-state index in [1.165, 1.54) is 11.3 Å². The fraction of sp³-hybridized carbons (Fsp3) is 0.467. The highest BCUT2D eigenvalue weighted by Gasteiger charge is 2.14. The lowest BCUT2D eigenvalue weighted by molar-refractivity contribution is 0.0938. The summed E-state index contributed by atoms with van der Waals surface area (Å²) in [7, 11) is 0. The number of hydrogen-bond acceptors (Lipinski definition) is 5. The van der Waals surface area contributed by atoms with Crippen LogP contribution in [0.3, 0.4) is 0 Å². The Morgan fingerprint density at radius 1 is 1.43 bits per heavy atom. The van der Waals surface area contributed by atoms with Gasteiger partial charge in [-0.25, -0.2) is 4.98 Å². The summed E-state index contributed by atoms with van der Waals surface area (Å²) < 4.78 is 0. The molecule has 0 bridgehead atoms. The van der Waals surface area contributed by atoms with Crippen molar-refractivity contribution in [1.29, 1.82) is 0 Å². The normalized spacial score (nSPS) is 12.3. The first kappa shape index (κ1) is 16.1. The molecule has 0 saturated carbocycles. The van der Waals surface area contributed by atoms with E-state index in [-0.39, 0.29) is 12.5 Å². The van der Waals surface area contributed by atoms with Gasteiger partial charge >= 0.3 is 0 Å². The molecule has 0 aliphatic rings. The molecule has 1 atom stereocenters. The molecule has 2 aromatic rings. The fourth-order valence-corrected chi connectivity index (χ4v) is 3.77. The van der Waals surface area contributed by atoms with E-state index in [1.807, 2.05) is 17.5 Å². The fourth-order valence-electron chi connectivity index (χ4n) is 2.16. The molecule has 6 heteroatoms. The summed E-state index contributed by atoms with van der Waals surface area (Å²) in [6, 6.07) is 3.98. The van der Waals surface area contributed by atoms with Crippen LogP contribution >= 0.6 is 22.7 Å². The molecule has 0 radical (unpaired) electrons. The van der Waals surface area contributed by atoms with Gasteiger partial charge in [-0.15, -0.1) is 22.7 Å². The Bertz CT molecular complexity index is 546. The maximum atomic E-state index is 12.1. The van der Waals surface area contributed by atoms with Crippen LogP contribution in [-0.4, -0.2) is 29.1 Å². The number of aliphatic hydroxyl groups excluding tert-OH is 1. The summed E-state index contributed by atoms with van der Waals surface area (Å²) in [5, 5.41) is 16.6. The maximum absolute atomic E-state index is 12.1. The first-order valence-electron chi connectivity index (χ1n) is 7.13. The number of thiazole rings is 1. The van der Waals surface area contributed by atoms with Gasteiger partial charge in [-0.3, -0.25) is 4.79 Å². The van der Waals surface area contributed by atoms with E-state index in [9.17, 15) is 4.79 Å². The standard InChI is InChI=1S/C15H20N2O2S2/c1-2-4-11(6-7-18)9-16-14(19)12-10-21-15(17-12)13-5-3-8-20-13/h3,5,8,10-11,18H,2,4,6-7,9H2,1H3,(H,16,19). The van der Waals surface area contributed by atoms with E-state index in [4.69, 9.17) is 5.11 Å². The van der Waals surface area contributed by atoms with E-state index >= 15 is 0 Å². The molecule has 114 valence electrons. The predicted molar refractivity (Wildman–Crippen MR) is 87.9 cm³/mol. The number of aliphatic hydroxyl groups is 1. The third kappa shape index (κ3) is 4.62. The lowest BCUT2D eigenvalue weighted by Crippen LogP contribution is -2.30. The van der Waals surface area contributed by atoms with Crippen LogP contribution in [-0.2, 0) is 0 Å². The monoisotopic (exact) mass is 324 g/mol. The average molecular weight is 324 g/mol. The minimum Gasteiger partial charge on any atom is -0.396 e. The van der Waals surface area contributed by atoms with Gasteiger partial charge in [-0.1, -0.05) is 19.4 Å². The molecule has 0 aromatic carbocycles. The highest BCUT2D eigenvalue weighted by atomic mass is 32.1. The molecule has 2 N–H and O–H groups in total. The number of nitrogens with one attached hydrogen (secondary N) is 1. The van der Waals surface area contributed by atoms with E-state index in [0.29, 0.717) is 18.2 Å². The summed E-state index contributed by atoms with van der Waals surface area (Å²) in [4.78, 5) is 17.6. The number of nitrogens with zero attached hydrogens (tertiary/aromatic N) is 1. The maximum Gasteiger partial charge on any atom is 0.270 e. The largest absolute Gasteiger partial charge is 0.396 e. The Hall–Kier alpha value is -1.24. The van der Waals surface area contributed by atoms with Gasteiger partial charge in [-0.05, 0) is 30.2 Å². The summed E-state index contributed by atoms with van der Waals surface area (Å²) >= 11 is 3.11. The minimum atomic E-state index is -0.131. The highest BCUT2D eigenvalue weighted by Crippen LogP contribution is 2.27. The molecule has 1 amide bonds. The quantitative estimate of drug-likeness (QED) is 0.782.